The number of nitro groups is 1. The smallest absolute Gasteiger partial charge is 0.269 e. The summed E-state index contributed by atoms with van der Waals surface area (Å²) in [5.41, 5.74) is 2.45. The summed E-state index contributed by atoms with van der Waals surface area (Å²) in [5, 5.41) is 10.9. The van der Waals surface area contributed by atoms with Crippen molar-refractivity contribution in [2.75, 3.05) is 33.3 Å². The summed E-state index contributed by atoms with van der Waals surface area (Å²) in [4.78, 5) is 15.3. The molecule has 2 aromatic carbocycles. The molecule has 1 saturated heterocycles. The maximum absolute atomic E-state index is 10.9. The molecule has 0 amide bonds. The van der Waals surface area contributed by atoms with Crippen LogP contribution in [0.3, 0.4) is 0 Å². The lowest BCUT2D eigenvalue weighted by molar-refractivity contribution is -0.384. The van der Waals surface area contributed by atoms with Crippen molar-refractivity contribution >= 4 is 5.69 Å². The van der Waals surface area contributed by atoms with E-state index < -0.39 is 0 Å². The fourth-order valence-corrected chi connectivity index (χ4v) is 3.12. The van der Waals surface area contributed by atoms with Crippen LogP contribution in [0.1, 0.15) is 11.1 Å². The summed E-state index contributed by atoms with van der Waals surface area (Å²) in [6.07, 6.45) is 0. The Bertz CT molecular complexity index is 710. The van der Waals surface area contributed by atoms with Crippen molar-refractivity contribution < 1.29 is 9.66 Å². The van der Waals surface area contributed by atoms with Crippen LogP contribution in [-0.2, 0) is 13.1 Å². The Hall–Kier alpha value is -2.44. The van der Waals surface area contributed by atoms with Crippen LogP contribution in [0.4, 0.5) is 5.69 Å². The summed E-state index contributed by atoms with van der Waals surface area (Å²) in [5.74, 6) is 0.880. The van der Waals surface area contributed by atoms with E-state index in [1.54, 1.807) is 19.2 Å². The van der Waals surface area contributed by atoms with Gasteiger partial charge in [-0.05, 0) is 23.3 Å². The Morgan fingerprint density at radius 1 is 0.960 bits per heavy atom. The van der Waals surface area contributed by atoms with Crippen LogP contribution in [0.5, 0.6) is 5.75 Å². The molecule has 1 heterocycles. The summed E-state index contributed by atoms with van der Waals surface area (Å²) >= 11 is 0. The lowest BCUT2D eigenvalue weighted by Crippen LogP contribution is -2.45. The van der Waals surface area contributed by atoms with Crippen LogP contribution in [0.2, 0.25) is 0 Å². The molecule has 0 saturated carbocycles. The number of benzene rings is 2. The molecule has 6 heteroatoms. The number of hydrogen-bond donors (Lipinski definition) is 0. The van der Waals surface area contributed by atoms with E-state index in [0.29, 0.717) is 0 Å². The number of nitrogens with zero attached hydrogens (tertiary/aromatic N) is 3. The van der Waals surface area contributed by atoms with Crippen LogP contribution in [0.25, 0.3) is 0 Å². The fourth-order valence-electron chi connectivity index (χ4n) is 3.12. The number of hydrogen-bond acceptors (Lipinski definition) is 5. The van der Waals surface area contributed by atoms with Gasteiger partial charge in [-0.1, -0.05) is 24.3 Å². The van der Waals surface area contributed by atoms with Crippen LogP contribution in [0.15, 0.2) is 48.5 Å². The molecule has 1 aliphatic heterocycles. The zero-order chi connectivity index (χ0) is 17.6. The number of piperazine rings is 1. The molecular weight excluding hydrogens is 318 g/mol. The molecule has 0 spiro atoms. The molecule has 1 fully saturated rings. The summed E-state index contributed by atoms with van der Waals surface area (Å²) in [7, 11) is 1.68. The van der Waals surface area contributed by atoms with Crippen LogP contribution >= 0.6 is 0 Å². The molecule has 0 bridgehead atoms. The number of nitro benzene ring substituents is 1. The molecular formula is C19H23N3O3. The molecule has 0 radical (unpaired) electrons. The van der Waals surface area contributed by atoms with Gasteiger partial charge in [0.1, 0.15) is 5.75 Å². The van der Waals surface area contributed by atoms with Crippen molar-refractivity contribution in [2.45, 2.75) is 13.1 Å². The Morgan fingerprint density at radius 2 is 1.56 bits per heavy atom. The van der Waals surface area contributed by atoms with E-state index in [-0.39, 0.29) is 10.6 Å². The van der Waals surface area contributed by atoms with Gasteiger partial charge in [0.15, 0.2) is 0 Å². The van der Waals surface area contributed by atoms with Gasteiger partial charge in [0, 0.05) is 51.4 Å². The zero-order valence-corrected chi connectivity index (χ0v) is 14.4. The molecule has 2 aromatic rings. The highest BCUT2D eigenvalue weighted by molar-refractivity contribution is 5.34. The molecule has 0 aliphatic carbocycles. The Balaban J connectivity index is 1.49. The average Bonchev–Trinajstić information content (AvgIpc) is 2.64. The quantitative estimate of drug-likeness (QED) is 0.597. The van der Waals surface area contributed by atoms with Crippen molar-refractivity contribution in [3.63, 3.8) is 0 Å². The summed E-state index contributed by atoms with van der Waals surface area (Å²) in [6, 6.07) is 15.1. The van der Waals surface area contributed by atoms with E-state index in [0.717, 1.165) is 50.6 Å². The minimum atomic E-state index is -0.337. The highest BCUT2D eigenvalue weighted by atomic mass is 16.6. The van der Waals surface area contributed by atoms with Gasteiger partial charge in [-0.15, -0.1) is 0 Å². The third-order valence-electron chi connectivity index (χ3n) is 4.56. The third kappa shape index (κ3) is 4.78. The summed E-state index contributed by atoms with van der Waals surface area (Å²) < 4.78 is 5.19. The van der Waals surface area contributed by atoms with Gasteiger partial charge in [0.05, 0.1) is 12.0 Å². The molecule has 132 valence electrons. The van der Waals surface area contributed by atoms with Crippen molar-refractivity contribution in [1.82, 2.24) is 9.80 Å². The first-order valence-corrected chi connectivity index (χ1v) is 8.45. The molecule has 0 aromatic heterocycles. The standard InChI is InChI=1S/C19H23N3O3/c1-25-19-7-5-16(6-8-19)14-20-9-11-21(12-10-20)15-17-3-2-4-18(13-17)22(23)24/h2-8,13H,9-12,14-15H2,1H3. The van der Waals surface area contributed by atoms with Gasteiger partial charge >= 0.3 is 0 Å². The Morgan fingerprint density at radius 3 is 2.12 bits per heavy atom. The van der Waals surface area contributed by atoms with E-state index in [2.05, 4.69) is 21.9 Å². The minimum absolute atomic E-state index is 0.163. The van der Waals surface area contributed by atoms with Gasteiger partial charge in [-0.25, -0.2) is 0 Å². The minimum Gasteiger partial charge on any atom is -0.497 e. The molecule has 0 unspecified atom stereocenters. The topological polar surface area (TPSA) is 58.8 Å². The predicted molar refractivity (Wildman–Crippen MR) is 96.6 cm³/mol. The second kappa shape index (κ2) is 8.09. The number of non-ortho nitro benzene ring substituents is 1. The molecule has 6 nitrogen and oxygen atoms in total. The fraction of sp³-hybridized carbons (Fsp3) is 0.368. The van der Waals surface area contributed by atoms with Crippen molar-refractivity contribution in [3.05, 3.63) is 69.8 Å². The van der Waals surface area contributed by atoms with Gasteiger partial charge in [0.2, 0.25) is 0 Å². The molecule has 25 heavy (non-hydrogen) atoms. The van der Waals surface area contributed by atoms with Crippen LogP contribution < -0.4 is 4.74 Å². The Labute approximate surface area is 147 Å². The average molecular weight is 341 g/mol. The maximum Gasteiger partial charge on any atom is 0.269 e. The van der Waals surface area contributed by atoms with Crippen LogP contribution in [-0.4, -0.2) is 48.0 Å². The monoisotopic (exact) mass is 341 g/mol. The first-order chi connectivity index (χ1) is 12.1. The van der Waals surface area contributed by atoms with Gasteiger partial charge in [0.25, 0.3) is 5.69 Å². The first kappa shape index (κ1) is 17.4. The van der Waals surface area contributed by atoms with Crippen molar-refractivity contribution in [3.8, 4) is 5.75 Å². The van der Waals surface area contributed by atoms with Crippen molar-refractivity contribution in [2.24, 2.45) is 0 Å². The summed E-state index contributed by atoms with van der Waals surface area (Å²) in [6.45, 7) is 5.65. The largest absolute Gasteiger partial charge is 0.497 e. The van der Waals surface area contributed by atoms with E-state index >= 15 is 0 Å². The van der Waals surface area contributed by atoms with E-state index in [1.807, 2.05) is 18.2 Å². The first-order valence-electron chi connectivity index (χ1n) is 8.45. The number of rotatable bonds is 6. The van der Waals surface area contributed by atoms with Gasteiger partial charge < -0.3 is 4.74 Å². The highest BCUT2D eigenvalue weighted by Gasteiger charge is 2.18. The maximum atomic E-state index is 10.9. The third-order valence-corrected chi connectivity index (χ3v) is 4.56. The molecule has 0 atom stereocenters. The second-order valence-corrected chi connectivity index (χ2v) is 6.33. The highest BCUT2D eigenvalue weighted by Crippen LogP contribution is 2.17. The zero-order valence-electron chi connectivity index (χ0n) is 14.4. The van der Waals surface area contributed by atoms with E-state index in [4.69, 9.17) is 4.74 Å². The Kier molecular flexibility index (Phi) is 5.63. The SMILES string of the molecule is COc1ccc(CN2CCN(Cc3cccc([N+](=O)[O-])c3)CC2)cc1. The number of methoxy groups -OCH3 is 1. The predicted octanol–water partition coefficient (Wildman–Crippen LogP) is 2.92. The van der Waals surface area contributed by atoms with E-state index in [1.165, 1.54) is 11.6 Å². The molecule has 0 N–H and O–H groups in total. The lowest BCUT2D eigenvalue weighted by Gasteiger charge is -2.34. The van der Waals surface area contributed by atoms with Gasteiger partial charge in [-0.3, -0.25) is 19.9 Å². The van der Waals surface area contributed by atoms with E-state index in [9.17, 15) is 10.1 Å². The van der Waals surface area contributed by atoms with Gasteiger partial charge in [-0.2, -0.15) is 0 Å². The second-order valence-electron chi connectivity index (χ2n) is 6.33. The van der Waals surface area contributed by atoms with Crippen molar-refractivity contribution in [1.29, 1.82) is 0 Å². The number of ether oxygens (including phenoxy) is 1. The lowest BCUT2D eigenvalue weighted by atomic mass is 10.1. The normalized spacial score (nSPS) is 15.9. The molecule has 3 rings (SSSR count). The molecule has 1 aliphatic rings. The van der Waals surface area contributed by atoms with Crippen LogP contribution in [0, 0.1) is 10.1 Å².